The van der Waals surface area contributed by atoms with Crippen LogP contribution in [0, 0.1) is 0 Å². The Morgan fingerprint density at radius 3 is 2.22 bits per heavy atom. The highest BCUT2D eigenvalue weighted by molar-refractivity contribution is 7.92. The first-order valence-corrected chi connectivity index (χ1v) is 14.3. The average Bonchev–Trinajstić information content (AvgIpc) is 2.99. The zero-order valence-corrected chi connectivity index (χ0v) is 23.4. The third kappa shape index (κ3) is 8.66. The maximum atomic E-state index is 13.3. The van der Waals surface area contributed by atoms with Crippen molar-refractivity contribution in [2.45, 2.75) is 11.4 Å². The molecule has 210 valence electrons. The predicted molar refractivity (Wildman–Crippen MR) is 158 cm³/mol. The molecular formula is C30H27ClN4O5S. The number of carbonyl (C=O) groups excluding carboxylic acids is 2. The Labute approximate surface area is 243 Å². The van der Waals surface area contributed by atoms with Crippen LogP contribution >= 0.6 is 11.6 Å². The second-order valence-corrected chi connectivity index (χ2v) is 11.0. The van der Waals surface area contributed by atoms with Gasteiger partial charge in [0.25, 0.3) is 21.8 Å². The van der Waals surface area contributed by atoms with Gasteiger partial charge in [-0.05, 0) is 65.7 Å². The monoisotopic (exact) mass is 590 g/mol. The number of sulfonamides is 1. The van der Waals surface area contributed by atoms with Crippen molar-refractivity contribution in [2.75, 3.05) is 17.5 Å². The van der Waals surface area contributed by atoms with Crippen molar-refractivity contribution in [2.24, 2.45) is 5.10 Å². The highest BCUT2D eigenvalue weighted by atomic mass is 35.5. The highest BCUT2D eigenvalue weighted by Crippen LogP contribution is 2.26. The molecule has 11 heteroatoms. The van der Waals surface area contributed by atoms with E-state index in [-0.39, 0.29) is 23.1 Å². The van der Waals surface area contributed by atoms with Gasteiger partial charge in [-0.3, -0.25) is 13.9 Å². The summed E-state index contributed by atoms with van der Waals surface area (Å²) in [6.45, 7) is -0.238. The molecule has 0 heterocycles. The van der Waals surface area contributed by atoms with Crippen LogP contribution in [0.1, 0.15) is 11.1 Å². The summed E-state index contributed by atoms with van der Waals surface area (Å²) in [4.78, 5) is 24.8. The van der Waals surface area contributed by atoms with E-state index in [2.05, 4.69) is 15.8 Å². The van der Waals surface area contributed by atoms with Crippen molar-refractivity contribution in [3.05, 3.63) is 125 Å². The number of rotatable bonds is 12. The molecule has 0 aliphatic heterocycles. The van der Waals surface area contributed by atoms with E-state index in [9.17, 15) is 18.0 Å². The zero-order chi connectivity index (χ0) is 29.1. The Morgan fingerprint density at radius 2 is 1.54 bits per heavy atom. The second-order valence-electron chi connectivity index (χ2n) is 8.72. The summed E-state index contributed by atoms with van der Waals surface area (Å²) in [5.74, 6) is -0.408. The van der Waals surface area contributed by atoms with Crippen molar-refractivity contribution in [1.82, 2.24) is 10.7 Å². The molecule has 0 bridgehead atoms. The van der Waals surface area contributed by atoms with Crippen LogP contribution in [0.4, 0.5) is 5.69 Å². The Bertz CT molecular complexity index is 1600. The molecule has 4 aromatic rings. The molecule has 0 atom stereocenters. The van der Waals surface area contributed by atoms with E-state index in [1.165, 1.54) is 24.4 Å². The largest absolute Gasteiger partial charge is 0.484 e. The third-order valence-electron chi connectivity index (χ3n) is 5.70. The van der Waals surface area contributed by atoms with Gasteiger partial charge < -0.3 is 10.1 Å². The lowest BCUT2D eigenvalue weighted by Crippen LogP contribution is -2.39. The Kier molecular flexibility index (Phi) is 10.1. The fourth-order valence-corrected chi connectivity index (χ4v) is 5.28. The molecule has 0 aliphatic rings. The lowest BCUT2D eigenvalue weighted by atomic mass is 10.2. The molecule has 0 aromatic heterocycles. The smallest absolute Gasteiger partial charge is 0.264 e. The predicted octanol–water partition coefficient (Wildman–Crippen LogP) is 4.38. The van der Waals surface area contributed by atoms with E-state index < -0.39 is 22.5 Å². The van der Waals surface area contributed by atoms with Gasteiger partial charge in [0.05, 0.1) is 16.8 Å². The van der Waals surface area contributed by atoms with E-state index in [0.29, 0.717) is 22.9 Å². The molecule has 4 rings (SSSR count). The third-order valence-corrected chi connectivity index (χ3v) is 7.72. The first kappa shape index (κ1) is 29.3. The number of benzene rings is 4. The maximum Gasteiger partial charge on any atom is 0.264 e. The molecule has 0 saturated carbocycles. The zero-order valence-electron chi connectivity index (χ0n) is 21.8. The van der Waals surface area contributed by atoms with Gasteiger partial charge in [0.15, 0.2) is 6.61 Å². The van der Waals surface area contributed by atoms with Crippen molar-refractivity contribution in [1.29, 1.82) is 0 Å². The molecule has 0 saturated heterocycles. The van der Waals surface area contributed by atoms with E-state index in [0.717, 1.165) is 9.87 Å². The number of hydrogen-bond acceptors (Lipinski definition) is 6. The van der Waals surface area contributed by atoms with Crippen LogP contribution in [0.15, 0.2) is 119 Å². The maximum absolute atomic E-state index is 13.3. The number of nitrogens with one attached hydrogen (secondary N) is 2. The molecule has 2 amide bonds. The Morgan fingerprint density at radius 1 is 0.854 bits per heavy atom. The van der Waals surface area contributed by atoms with Gasteiger partial charge in [-0.25, -0.2) is 13.8 Å². The van der Waals surface area contributed by atoms with E-state index >= 15 is 0 Å². The first-order chi connectivity index (χ1) is 19.8. The average molecular weight is 591 g/mol. The van der Waals surface area contributed by atoms with Crippen molar-refractivity contribution in [3.8, 4) is 5.75 Å². The van der Waals surface area contributed by atoms with E-state index in [4.69, 9.17) is 16.3 Å². The topological polar surface area (TPSA) is 117 Å². The minimum Gasteiger partial charge on any atom is -0.484 e. The normalized spacial score (nSPS) is 11.1. The van der Waals surface area contributed by atoms with Gasteiger partial charge in [-0.15, -0.1) is 0 Å². The van der Waals surface area contributed by atoms with Crippen LogP contribution < -0.4 is 19.8 Å². The quantitative estimate of drug-likeness (QED) is 0.188. The summed E-state index contributed by atoms with van der Waals surface area (Å²) in [5.41, 5.74) is 4.24. The molecule has 0 aliphatic carbocycles. The van der Waals surface area contributed by atoms with E-state index in [1.807, 2.05) is 30.3 Å². The summed E-state index contributed by atoms with van der Waals surface area (Å²) < 4.78 is 33.2. The number of hydrogen-bond donors (Lipinski definition) is 2. The van der Waals surface area contributed by atoms with Gasteiger partial charge >= 0.3 is 0 Å². The number of amides is 2. The molecule has 2 N–H and O–H groups in total. The molecule has 0 spiro atoms. The SMILES string of the molecule is O=C(COc1ccc(/C=N/NC(=O)CN(c2cccc(Cl)c2)S(=O)(=O)c2ccccc2)cc1)NCc1ccccc1. The lowest BCUT2D eigenvalue weighted by Gasteiger charge is -2.23. The fraction of sp³-hybridized carbons (Fsp3) is 0.100. The lowest BCUT2D eigenvalue weighted by molar-refractivity contribution is -0.123. The molecule has 0 fully saturated rings. The number of nitrogens with zero attached hydrogens (tertiary/aromatic N) is 2. The van der Waals surface area contributed by atoms with Gasteiger partial charge in [-0.2, -0.15) is 5.10 Å². The number of anilines is 1. The summed E-state index contributed by atoms with van der Waals surface area (Å²) in [6, 6.07) is 30.3. The Balaban J connectivity index is 1.31. The van der Waals surface area contributed by atoms with Crippen molar-refractivity contribution in [3.63, 3.8) is 0 Å². The summed E-state index contributed by atoms with van der Waals surface area (Å²) in [7, 11) is -4.06. The number of halogens is 1. The van der Waals surface area contributed by atoms with Gasteiger partial charge in [0, 0.05) is 11.6 Å². The van der Waals surface area contributed by atoms with Crippen LogP contribution in [-0.2, 0) is 26.2 Å². The molecule has 0 unspecified atom stereocenters. The van der Waals surface area contributed by atoms with E-state index in [1.54, 1.807) is 60.7 Å². The molecule has 4 aromatic carbocycles. The van der Waals surface area contributed by atoms with Crippen LogP contribution in [0.5, 0.6) is 5.75 Å². The van der Waals surface area contributed by atoms with Gasteiger partial charge in [0.2, 0.25) is 0 Å². The molecule has 9 nitrogen and oxygen atoms in total. The Hall–Kier alpha value is -4.67. The summed E-state index contributed by atoms with van der Waals surface area (Å²) in [6.07, 6.45) is 1.41. The van der Waals surface area contributed by atoms with Gasteiger partial charge in [0.1, 0.15) is 12.3 Å². The first-order valence-electron chi connectivity index (χ1n) is 12.5. The molecular weight excluding hydrogens is 564 g/mol. The minimum atomic E-state index is -4.06. The molecule has 0 radical (unpaired) electrons. The van der Waals surface area contributed by atoms with Crippen molar-refractivity contribution < 1.29 is 22.7 Å². The summed E-state index contributed by atoms with van der Waals surface area (Å²) >= 11 is 6.08. The minimum absolute atomic E-state index is 0.0345. The van der Waals surface area contributed by atoms with Crippen LogP contribution in [0.3, 0.4) is 0 Å². The van der Waals surface area contributed by atoms with Gasteiger partial charge in [-0.1, -0.05) is 66.2 Å². The fourth-order valence-electron chi connectivity index (χ4n) is 3.66. The summed E-state index contributed by atoms with van der Waals surface area (Å²) in [5, 5.41) is 7.06. The highest BCUT2D eigenvalue weighted by Gasteiger charge is 2.27. The number of ether oxygens (including phenoxy) is 1. The van der Waals surface area contributed by atoms with Crippen molar-refractivity contribution >= 4 is 45.3 Å². The standard InChI is InChI=1S/C30H27ClN4O5S/c31-25-10-7-11-26(18-25)35(41(38,39)28-12-5-2-6-13-28)21-29(36)34-33-20-24-14-16-27(17-15-24)40-22-30(37)32-19-23-8-3-1-4-9-23/h1-18,20H,19,21-22H2,(H,32,37)(H,34,36)/b33-20+. The second kappa shape index (κ2) is 14.1. The number of hydrazone groups is 1. The number of carbonyl (C=O) groups is 2. The molecule has 41 heavy (non-hydrogen) atoms. The van der Waals surface area contributed by atoms with Crippen LogP contribution in [0.25, 0.3) is 0 Å². The van der Waals surface area contributed by atoms with Crippen LogP contribution in [-0.4, -0.2) is 39.6 Å². The van der Waals surface area contributed by atoms with Crippen LogP contribution in [0.2, 0.25) is 5.02 Å².